The molecular formula is C18H26N4O5. The van der Waals surface area contributed by atoms with E-state index in [0.717, 1.165) is 18.8 Å². The number of rotatable bonds is 8. The highest BCUT2D eigenvalue weighted by Crippen LogP contribution is 2.32. The minimum atomic E-state index is -0.931. The number of hydrogen-bond donors (Lipinski definition) is 3. The smallest absolute Gasteiger partial charge is 0.304 e. The Balaban J connectivity index is 1.64. The molecule has 0 spiro atoms. The van der Waals surface area contributed by atoms with Crippen molar-refractivity contribution in [2.24, 2.45) is 16.8 Å². The van der Waals surface area contributed by atoms with Crippen LogP contribution in [0, 0.1) is 11.8 Å². The van der Waals surface area contributed by atoms with Gasteiger partial charge in [0.1, 0.15) is 5.69 Å². The number of carbonyl (C=O) groups is 1. The second-order valence-corrected chi connectivity index (χ2v) is 7.31. The quantitative estimate of drug-likeness (QED) is 0.634. The molecule has 1 fully saturated rings. The summed E-state index contributed by atoms with van der Waals surface area (Å²) in [6.07, 6.45) is 7.98. The fourth-order valence-electron chi connectivity index (χ4n) is 3.85. The Morgan fingerprint density at radius 2 is 2.11 bits per heavy atom. The van der Waals surface area contributed by atoms with Crippen LogP contribution in [0.15, 0.2) is 21.9 Å². The van der Waals surface area contributed by atoms with Crippen molar-refractivity contribution in [1.82, 2.24) is 15.4 Å². The number of aliphatic imine (C=N–C) groups is 1. The number of aromatic amines is 1. The van der Waals surface area contributed by atoms with Crippen LogP contribution in [0.1, 0.15) is 69.6 Å². The monoisotopic (exact) mass is 378 g/mol. The molecule has 2 heterocycles. The highest BCUT2D eigenvalue weighted by molar-refractivity contribution is 5.83. The molecule has 0 amide bonds. The standard InChI is InChI=1S/C18H26N4O5/c23-15-10-9-14(20-21-15)17-19-18(27-22(17)26)13(11-16(24)25)8-4-7-12-5-2-1-3-6-12/h9-10,12-13,17,26H,1-8,11H2,(H,21,23)(H,24,25)/t13-,17?/m1/s1. The van der Waals surface area contributed by atoms with E-state index in [2.05, 4.69) is 15.2 Å². The van der Waals surface area contributed by atoms with Crippen LogP contribution in [-0.4, -0.2) is 37.6 Å². The molecular weight excluding hydrogens is 352 g/mol. The van der Waals surface area contributed by atoms with Gasteiger partial charge in [-0.3, -0.25) is 14.8 Å². The molecule has 1 aliphatic heterocycles. The van der Waals surface area contributed by atoms with E-state index in [9.17, 15) is 19.9 Å². The molecule has 1 saturated carbocycles. The van der Waals surface area contributed by atoms with Crippen molar-refractivity contribution in [3.63, 3.8) is 0 Å². The van der Waals surface area contributed by atoms with Crippen molar-refractivity contribution < 1.29 is 19.9 Å². The Hall–Kier alpha value is -2.26. The summed E-state index contributed by atoms with van der Waals surface area (Å²) in [7, 11) is 0. The fraction of sp³-hybridized carbons (Fsp3) is 0.667. The van der Waals surface area contributed by atoms with Gasteiger partial charge in [-0.05, 0) is 18.4 Å². The number of carboxylic acid groups (broad SMARTS) is 1. The van der Waals surface area contributed by atoms with Gasteiger partial charge in [0.15, 0.2) is 0 Å². The predicted octanol–water partition coefficient (Wildman–Crippen LogP) is 2.64. The molecule has 1 aromatic rings. The average molecular weight is 378 g/mol. The molecule has 1 aromatic heterocycles. The van der Waals surface area contributed by atoms with Gasteiger partial charge in [-0.25, -0.2) is 10.1 Å². The maximum Gasteiger partial charge on any atom is 0.304 e. The third-order valence-electron chi connectivity index (χ3n) is 5.27. The predicted molar refractivity (Wildman–Crippen MR) is 95.9 cm³/mol. The SMILES string of the molecule is O=C(O)C[C@@H](CCCC1CCCCC1)C1=NC(c2ccc(=O)[nH]n2)N(O)O1. The second-order valence-electron chi connectivity index (χ2n) is 7.31. The van der Waals surface area contributed by atoms with Gasteiger partial charge >= 0.3 is 5.97 Å². The number of nitrogens with one attached hydrogen (secondary N) is 1. The Morgan fingerprint density at radius 1 is 1.33 bits per heavy atom. The maximum atomic E-state index is 11.3. The molecule has 0 radical (unpaired) electrons. The lowest BCUT2D eigenvalue weighted by atomic mass is 9.84. The van der Waals surface area contributed by atoms with Crippen molar-refractivity contribution in [2.75, 3.05) is 0 Å². The van der Waals surface area contributed by atoms with E-state index < -0.39 is 18.1 Å². The van der Waals surface area contributed by atoms with E-state index >= 15 is 0 Å². The third kappa shape index (κ3) is 5.36. The average Bonchev–Trinajstić information content (AvgIpc) is 3.04. The van der Waals surface area contributed by atoms with Crippen LogP contribution in [-0.2, 0) is 9.63 Å². The third-order valence-corrected chi connectivity index (χ3v) is 5.27. The molecule has 148 valence electrons. The summed E-state index contributed by atoms with van der Waals surface area (Å²) in [6.45, 7) is 0. The molecule has 27 heavy (non-hydrogen) atoms. The number of hydroxylamine groups is 2. The molecule has 1 unspecified atom stereocenters. The van der Waals surface area contributed by atoms with Crippen molar-refractivity contribution in [3.05, 3.63) is 28.2 Å². The summed E-state index contributed by atoms with van der Waals surface area (Å²) < 4.78 is 0. The molecule has 3 rings (SSSR count). The zero-order chi connectivity index (χ0) is 19.2. The van der Waals surface area contributed by atoms with Gasteiger partial charge < -0.3 is 9.94 Å². The first kappa shape index (κ1) is 19.5. The van der Waals surface area contributed by atoms with Gasteiger partial charge in [0.05, 0.1) is 6.42 Å². The minimum Gasteiger partial charge on any atom is -0.481 e. The van der Waals surface area contributed by atoms with Crippen molar-refractivity contribution in [2.45, 2.75) is 64.0 Å². The molecule has 0 aromatic carbocycles. The zero-order valence-electron chi connectivity index (χ0n) is 15.2. The fourth-order valence-corrected chi connectivity index (χ4v) is 3.85. The Bertz CT molecular complexity index is 708. The summed E-state index contributed by atoms with van der Waals surface area (Å²) in [4.78, 5) is 32.0. The number of hydrogen-bond acceptors (Lipinski definition) is 7. The molecule has 9 heteroatoms. The summed E-state index contributed by atoms with van der Waals surface area (Å²) >= 11 is 0. The van der Waals surface area contributed by atoms with Gasteiger partial charge in [0.2, 0.25) is 12.1 Å². The normalized spacial score (nSPS) is 22.3. The number of nitrogens with zero attached hydrogens (tertiary/aromatic N) is 3. The van der Waals surface area contributed by atoms with E-state index in [4.69, 9.17) is 4.84 Å². The zero-order valence-corrected chi connectivity index (χ0v) is 15.2. The van der Waals surface area contributed by atoms with E-state index in [1.165, 1.54) is 44.2 Å². The molecule has 1 aliphatic carbocycles. The van der Waals surface area contributed by atoms with Crippen molar-refractivity contribution in [1.29, 1.82) is 0 Å². The number of carboxylic acids is 1. The lowest BCUT2D eigenvalue weighted by Crippen LogP contribution is -2.25. The van der Waals surface area contributed by atoms with Gasteiger partial charge in [0.25, 0.3) is 5.56 Å². The van der Waals surface area contributed by atoms with Gasteiger partial charge in [0, 0.05) is 17.2 Å². The van der Waals surface area contributed by atoms with E-state index in [1.54, 1.807) is 0 Å². The molecule has 9 nitrogen and oxygen atoms in total. The van der Waals surface area contributed by atoms with E-state index in [0.29, 0.717) is 17.3 Å². The minimum absolute atomic E-state index is 0.108. The largest absolute Gasteiger partial charge is 0.481 e. The van der Waals surface area contributed by atoms with Crippen LogP contribution in [0.5, 0.6) is 0 Å². The lowest BCUT2D eigenvalue weighted by Gasteiger charge is -2.22. The molecule has 0 bridgehead atoms. The first-order valence-electron chi connectivity index (χ1n) is 9.54. The van der Waals surface area contributed by atoms with Gasteiger partial charge in [-0.1, -0.05) is 44.9 Å². The van der Waals surface area contributed by atoms with Gasteiger partial charge in [-0.2, -0.15) is 5.10 Å². The molecule has 2 aliphatic rings. The number of aromatic nitrogens is 2. The highest BCUT2D eigenvalue weighted by Gasteiger charge is 2.35. The Morgan fingerprint density at radius 3 is 2.78 bits per heavy atom. The van der Waals surface area contributed by atoms with Crippen LogP contribution in [0.2, 0.25) is 0 Å². The number of aliphatic carboxylic acids is 1. The van der Waals surface area contributed by atoms with Crippen LogP contribution in [0.3, 0.4) is 0 Å². The van der Waals surface area contributed by atoms with Crippen LogP contribution in [0.25, 0.3) is 0 Å². The van der Waals surface area contributed by atoms with Crippen molar-refractivity contribution in [3.8, 4) is 0 Å². The lowest BCUT2D eigenvalue weighted by molar-refractivity contribution is -0.306. The summed E-state index contributed by atoms with van der Waals surface area (Å²) in [5.41, 5.74) is -0.0544. The second kappa shape index (κ2) is 9.09. The van der Waals surface area contributed by atoms with Gasteiger partial charge in [-0.15, -0.1) is 0 Å². The van der Waals surface area contributed by atoms with E-state index in [-0.39, 0.29) is 17.9 Å². The summed E-state index contributed by atoms with van der Waals surface area (Å²) in [5, 5.41) is 25.9. The summed E-state index contributed by atoms with van der Waals surface area (Å²) in [5.74, 6) is -0.419. The topological polar surface area (TPSA) is 128 Å². The van der Waals surface area contributed by atoms with Crippen LogP contribution < -0.4 is 5.56 Å². The van der Waals surface area contributed by atoms with Crippen molar-refractivity contribution >= 4 is 11.9 Å². The Labute approximate surface area is 157 Å². The first-order valence-corrected chi connectivity index (χ1v) is 9.54. The first-order chi connectivity index (χ1) is 13.0. The molecule has 2 atom stereocenters. The van der Waals surface area contributed by atoms with E-state index in [1.807, 2.05) is 0 Å². The Kier molecular flexibility index (Phi) is 6.57. The van der Waals surface area contributed by atoms with Crippen LogP contribution >= 0.6 is 0 Å². The highest BCUT2D eigenvalue weighted by atomic mass is 16.9. The maximum absolute atomic E-state index is 11.3. The molecule has 0 saturated heterocycles. The van der Waals surface area contributed by atoms with Crippen LogP contribution in [0.4, 0.5) is 0 Å². The number of H-pyrrole nitrogens is 1. The summed E-state index contributed by atoms with van der Waals surface area (Å²) in [6, 6.07) is 2.72. The molecule has 3 N–H and O–H groups in total.